The largest absolute Gasteiger partial charge is 0.350 e. The van der Waals surface area contributed by atoms with Gasteiger partial charge in [-0.2, -0.15) is 0 Å². The standard InChI is InChI=1S/C17H20BrNO/c1-11(2)9-19-10-16(17(12(19)3)13(4)20)14-5-7-15(18)8-6-14/h5-8,10-11H,9H2,1-4H3. The van der Waals surface area contributed by atoms with Crippen LogP contribution in [-0.4, -0.2) is 10.4 Å². The molecule has 0 fully saturated rings. The Morgan fingerprint density at radius 1 is 1.25 bits per heavy atom. The Kier molecular flexibility index (Phi) is 4.48. The Morgan fingerprint density at radius 3 is 2.35 bits per heavy atom. The number of benzene rings is 1. The highest BCUT2D eigenvalue weighted by Gasteiger charge is 2.17. The highest BCUT2D eigenvalue weighted by Crippen LogP contribution is 2.30. The first kappa shape index (κ1) is 15.0. The topological polar surface area (TPSA) is 22.0 Å². The first-order valence-electron chi connectivity index (χ1n) is 6.86. The van der Waals surface area contributed by atoms with E-state index >= 15 is 0 Å². The molecule has 0 N–H and O–H groups in total. The molecule has 0 spiro atoms. The van der Waals surface area contributed by atoms with E-state index < -0.39 is 0 Å². The molecule has 0 atom stereocenters. The average molecular weight is 334 g/mol. The molecule has 0 saturated carbocycles. The molecule has 2 nitrogen and oxygen atoms in total. The minimum Gasteiger partial charge on any atom is -0.350 e. The van der Waals surface area contributed by atoms with Gasteiger partial charge in [0.15, 0.2) is 5.78 Å². The van der Waals surface area contributed by atoms with Crippen LogP contribution in [0.1, 0.15) is 36.8 Å². The summed E-state index contributed by atoms with van der Waals surface area (Å²) < 4.78 is 3.24. The van der Waals surface area contributed by atoms with Crippen LogP contribution in [0.4, 0.5) is 0 Å². The van der Waals surface area contributed by atoms with Crippen molar-refractivity contribution in [2.75, 3.05) is 0 Å². The second-order valence-corrected chi connectivity index (χ2v) is 6.53. The third-order valence-electron chi connectivity index (χ3n) is 3.42. The Bertz CT molecular complexity index is 623. The predicted octanol–water partition coefficient (Wildman–Crippen LogP) is 5.08. The molecule has 106 valence electrons. The second-order valence-electron chi connectivity index (χ2n) is 5.61. The molecule has 0 aliphatic rings. The van der Waals surface area contributed by atoms with Crippen LogP contribution < -0.4 is 0 Å². The molecule has 3 heteroatoms. The number of aromatic nitrogens is 1. The minimum absolute atomic E-state index is 0.128. The number of hydrogen-bond acceptors (Lipinski definition) is 1. The summed E-state index contributed by atoms with van der Waals surface area (Å²) in [5, 5.41) is 0. The van der Waals surface area contributed by atoms with E-state index in [0.29, 0.717) is 5.92 Å². The van der Waals surface area contributed by atoms with Crippen molar-refractivity contribution in [3.63, 3.8) is 0 Å². The zero-order valence-corrected chi connectivity index (χ0v) is 14.0. The van der Waals surface area contributed by atoms with Crippen LogP contribution in [-0.2, 0) is 6.54 Å². The van der Waals surface area contributed by atoms with Crippen molar-refractivity contribution in [3.05, 3.63) is 46.2 Å². The Balaban J connectivity index is 2.56. The first-order valence-corrected chi connectivity index (χ1v) is 7.66. The van der Waals surface area contributed by atoms with E-state index in [2.05, 4.69) is 40.5 Å². The van der Waals surface area contributed by atoms with E-state index in [4.69, 9.17) is 0 Å². The van der Waals surface area contributed by atoms with Gasteiger partial charge in [-0.1, -0.05) is 41.9 Å². The Hall–Kier alpha value is -1.35. The summed E-state index contributed by atoms with van der Waals surface area (Å²) in [6, 6.07) is 8.11. The van der Waals surface area contributed by atoms with Crippen molar-refractivity contribution in [1.82, 2.24) is 4.57 Å². The Morgan fingerprint density at radius 2 is 1.85 bits per heavy atom. The van der Waals surface area contributed by atoms with Crippen molar-refractivity contribution in [1.29, 1.82) is 0 Å². The van der Waals surface area contributed by atoms with Gasteiger partial charge in [-0.05, 0) is 37.5 Å². The fourth-order valence-corrected chi connectivity index (χ4v) is 2.80. The maximum Gasteiger partial charge on any atom is 0.162 e. The molecule has 0 aliphatic carbocycles. The summed E-state index contributed by atoms with van der Waals surface area (Å²) in [5.41, 5.74) is 4.02. The molecule has 0 saturated heterocycles. The number of halogens is 1. The quantitative estimate of drug-likeness (QED) is 0.714. The summed E-state index contributed by atoms with van der Waals surface area (Å²) in [4.78, 5) is 12.0. The zero-order chi connectivity index (χ0) is 14.9. The summed E-state index contributed by atoms with van der Waals surface area (Å²) in [5.74, 6) is 0.682. The number of nitrogens with zero attached hydrogens (tertiary/aromatic N) is 1. The first-order chi connectivity index (χ1) is 9.40. The van der Waals surface area contributed by atoms with E-state index in [0.717, 1.165) is 33.4 Å². The van der Waals surface area contributed by atoms with E-state index in [1.807, 2.05) is 31.2 Å². The third kappa shape index (κ3) is 3.04. The SMILES string of the molecule is CC(=O)c1c(-c2ccc(Br)cc2)cn(CC(C)C)c1C. The molecular weight excluding hydrogens is 314 g/mol. The zero-order valence-electron chi connectivity index (χ0n) is 12.4. The second kappa shape index (κ2) is 5.96. The summed E-state index contributed by atoms with van der Waals surface area (Å²) >= 11 is 3.45. The van der Waals surface area contributed by atoms with Crippen LogP contribution in [0, 0.1) is 12.8 Å². The predicted molar refractivity (Wildman–Crippen MR) is 87.1 cm³/mol. The molecule has 1 heterocycles. The van der Waals surface area contributed by atoms with Gasteiger partial charge in [0.2, 0.25) is 0 Å². The lowest BCUT2D eigenvalue weighted by atomic mass is 10.0. The molecule has 0 unspecified atom stereocenters. The van der Waals surface area contributed by atoms with E-state index in [9.17, 15) is 4.79 Å². The van der Waals surface area contributed by atoms with Gasteiger partial charge < -0.3 is 4.57 Å². The molecule has 0 radical (unpaired) electrons. The summed E-state index contributed by atoms with van der Waals surface area (Å²) in [6.07, 6.45) is 2.11. The van der Waals surface area contributed by atoms with Gasteiger partial charge in [-0.15, -0.1) is 0 Å². The van der Waals surface area contributed by atoms with Crippen LogP contribution in [0.2, 0.25) is 0 Å². The van der Waals surface area contributed by atoms with Crippen LogP contribution in [0.3, 0.4) is 0 Å². The van der Waals surface area contributed by atoms with Gasteiger partial charge in [0.25, 0.3) is 0 Å². The number of Topliss-reactive ketones (excluding diaryl/α,β-unsaturated/α-hetero) is 1. The molecule has 1 aromatic carbocycles. The molecule has 1 aromatic heterocycles. The van der Waals surface area contributed by atoms with Gasteiger partial charge in [0.05, 0.1) is 0 Å². The molecule has 2 rings (SSSR count). The lowest BCUT2D eigenvalue weighted by Gasteiger charge is -2.09. The molecule has 0 bridgehead atoms. The van der Waals surface area contributed by atoms with E-state index in [1.54, 1.807) is 6.92 Å². The van der Waals surface area contributed by atoms with Gasteiger partial charge >= 0.3 is 0 Å². The molecular formula is C17H20BrNO. The Labute approximate surface area is 128 Å². The van der Waals surface area contributed by atoms with Crippen molar-refractivity contribution < 1.29 is 4.79 Å². The van der Waals surface area contributed by atoms with Crippen molar-refractivity contribution in [2.24, 2.45) is 5.92 Å². The molecule has 0 aliphatic heterocycles. The number of rotatable bonds is 4. The minimum atomic E-state index is 0.128. The number of hydrogen-bond donors (Lipinski definition) is 0. The van der Waals surface area contributed by atoms with Gasteiger partial charge in [0.1, 0.15) is 0 Å². The lowest BCUT2D eigenvalue weighted by molar-refractivity contribution is 0.101. The fraction of sp³-hybridized carbons (Fsp3) is 0.353. The van der Waals surface area contributed by atoms with Crippen LogP contribution >= 0.6 is 15.9 Å². The maximum atomic E-state index is 12.0. The smallest absolute Gasteiger partial charge is 0.162 e. The van der Waals surface area contributed by atoms with Crippen molar-refractivity contribution in [2.45, 2.75) is 34.2 Å². The summed E-state index contributed by atoms with van der Waals surface area (Å²) in [7, 11) is 0. The number of ketones is 1. The fourth-order valence-electron chi connectivity index (χ4n) is 2.53. The van der Waals surface area contributed by atoms with E-state index in [-0.39, 0.29) is 5.78 Å². The lowest BCUT2D eigenvalue weighted by Crippen LogP contribution is -2.06. The molecule has 20 heavy (non-hydrogen) atoms. The normalized spacial score (nSPS) is 11.1. The monoisotopic (exact) mass is 333 g/mol. The summed E-state index contributed by atoms with van der Waals surface area (Å²) in [6.45, 7) is 8.98. The average Bonchev–Trinajstić information content (AvgIpc) is 2.67. The van der Waals surface area contributed by atoms with Gasteiger partial charge in [0, 0.05) is 34.0 Å². The van der Waals surface area contributed by atoms with Crippen LogP contribution in [0.5, 0.6) is 0 Å². The van der Waals surface area contributed by atoms with Crippen molar-refractivity contribution in [3.8, 4) is 11.1 Å². The molecule has 2 aromatic rings. The van der Waals surface area contributed by atoms with Crippen molar-refractivity contribution >= 4 is 21.7 Å². The highest BCUT2D eigenvalue weighted by atomic mass is 79.9. The van der Waals surface area contributed by atoms with Crippen LogP contribution in [0.25, 0.3) is 11.1 Å². The third-order valence-corrected chi connectivity index (χ3v) is 3.94. The van der Waals surface area contributed by atoms with Gasteiger partial charge in [-0.25, -0.2) is 0 Å². The maximum absolute atomic E-state index is 12.0. The number of carbonyl (C=O) groups is 1. The van der Waals surface area contributed by atoms with Gasteiger partial charge in [-0.3, -0.25) is 4.79 Å². The molecule has 0 amide bonds. The highest BCUT2D eigenvalue weighted by molar-refractivity contribution is 9.10. The number of carbonyl (C=O) groups excluding carboxylic acids is 1. The van der Waals surface area contributed by atoms with E-state index in [1.165, 1.54) is 0 Å². The van der Waals surface area contributed by atoms with Crippen LogP contribution in [0.15, 0.2) is 34.9 Å².